The summed E-state index contributed by atoms with van der Waals surface area (Å²) in [6.07, 6.45) is 9.49. The number of hydrogen-bond donors (Lipinski definition) is 2. The van der Waals surface area contributed by atoms with Crippen molar-refractivity contribution >= 4 is 29.3 Å². The molecule has 8 nitrogen and oxygen atoms in total. The molecule has 0 aliphatic heterocycles. The topological polar surface area (TPSA) is 92.3 Å². The van der Waals surface area contributed by atoms with Crippen molar-refractivity contribution in [3.63, 3.8) is 0 Å². The molecule has 2 heterocycles. The number of hydrogen-bond acceptors (Lipinski definition) is 7. The van der Waals surface area contributed by atoms with Crippen LogP contribution in [0.3, 0.4) is 0 Å². The second-order valence-electron chi connectivity index (χ2n) is 9.28. The number of rotatable bonds is 13. The van der Waals surface area contributed by atoms with Gasteiger partial charge in [0.15, 0.2) is 0 Å². The van der Waals surface area contributed by atoms with Gasteiger partial charge in [-0.15, -0.1) is 0 Å². The molecular weight excluding hydrogens is 500 g/mol. The maximum atomic E-state index is 12.6. The van der Waals surface area contributed by atoms with E-state index in [1.54, 1.807) is 24.7 Å². The van der Waals surface area contributed by atoms with E-state index in [9.17, 15) is 4.79 Å². The normalized spacial score (nSPS) is 11.1. The summed E-state index contributed by atoms with van der Waals surface area (Å²) in [6.45, 7) is 10.2. The zero-order valence-electron chi connectivity index (χ0n) is 23.3. The van der Waals surface area contributed by atoms with Gasteiger partial charge < -0.3 is 20.3 Å². The van der Waals surface area contributed by atoms with Crippen molar-refractivity contribution in [2.24, 2.45) is 0 Å². The molecule has 0 spiro atoms. The van der Waals surface area contributed by atoms with E-state index in [-0.39, 0.29) is 5.91 Å². The van der Waals surface area contributed by atoms with Crippen molar-refractivity contribution < 1.29 is 9.53 Å². The minimum atomic E-state index is -0.221. The molecule has 2 aromatic carbocycles. The van der Waals surface area contributed by atoms with Crippen LogP contribution >= 0.6 is 0 Å². The van der Waals surface area contributed by atoms with E-state index in [1.165, 1.54) is 6.08 Å². The number of nitrogens with one attached hydrogen (secondary N) is 2. The molecule has 0 bridgehead atoms. The number of carbonyl (C=O) groups is 1. The lowest BCUT2D eigenvalue weighted by Gasteiger charge is -2.17. The molecule has 4 rings (SSSR count). The third-order valence-electron chi connectivity index (χ3n) is 6.45. The number of ether oxygens (including phenoxy) is 1. The second kappa shape index (κ2) is 14.6. The zero-order valence-corrected chi connectivity index (χ0v) is 23.3. The molecule has 8 heteroatoms. The Morgan fingerprint density at radius 2 is 1.85 bits per heavy atom. The first-order valence-electron chi connectivity index (χ1n) is 13.6. The maximum absolute atomic E-state index is 12.6. The second-order valence-corrected chi connectivity index (χ2v) is 9.28. The van der Waals surface area contributed by atoms with E-state index in [4.69, 9.17) is 4.74 Å². The van der Waals surface area contributed by atoms with E-state index in [1.807, 2.05) is 67.6 Å². The Kier molecular flexibility index (Phi) is 10.4. The Morgan fingerprint density at radius 1 is 1.02 bits per heavy atom. The van der Waals surface area contributed by atoms with Gasteiger partial charge in [-0.25, -0.2) is 9.97 Å². The van der Waals surface area contributed by atoms with Crippen LogP contribution in [0.5, 0.6) is 5.75 Å². The Hall–Kier alpha value is -4.56. The van der Waals surface area contributed by atoms with Crippen molar-refractivity contribution in [3.05, 3.63) is 96.5 Å². The SMILES string of the molecule is CCN(CC)CCCOc1ccc(/C=C/C(=O)Nc2ccc(C)c(Nc3nccc(-c4cccnc4)n3)c2)cc1. The monoisotopic (exact) mass is 536 g/mol. The van der Waals surface area contributed by atoms with E-state index in [0.29, 0.717) is 18.2 Å². The van der Waals surface area contributed by atoms with E-state index in [0.717, 1.165) is 59.9 Å². The lowest BCUT2D eigenvalue weighted by atomic mass is 10.1. The molecule has 4 aromatic rings. The van der Waals surface area contributed by atoms with Gasteiger partial charge in [0, 0.05) is 48.1 Å². The van der Waals surface area contributed by atoms with Crippen molar-refractivity contribution in [3.8, 4) is 17.0 Å². The van der Waals surface area contributed by atoms with Crippen LogP contribution in [-0.4, -0.2) is 52.0 Å². The number of carbonyl (C=O) groups excluding carboxylic acids is 1. The lowest BCUT2D eigenvalue weighted by molar-refractivity contribution is -0.111. The lowest BCUT2D eigenvalue weighted by Crippen LogP contribution is -2.25. The molecule has 0 saturated heterocycles. The molecule has 0 saturated carbocycles. The first kappa shape index (κ1) is 28.4. The van der Waals surface area contributed by atoms with Crippen LogP contribution in [-0.2, 0) is 4.79 Å². The summed E-state index contributed by atoms with van der Waals surface area (Å²) in [6, 6.07) is 19.1. The van der Waals surface area contributed by atoms with Gasteiger partial charge in [-0.05, 0) is 86.1 Å². The minimum Gasteiger partial charge on any atom is -0.494 e. The minimum absolute atomic E-state index is 0.221. The molecule has 0 fully saturated rings. The predicted molar refractivity (Wildman–Crippen MR) is 162 cm³/mol. The van der Waals surface area contributed by atoms with Crippen LogP contribution < -0.4 is 15.4 Å². The Morgan fingerprint density at radius 3 is 2.60 bits per heavy atom. The Labute approximate surface area is 236 Å². The molecule has 0 aliphatic carbocycles. The summed E-state index contributed by atoms with van der Waals surface area (Å²) in [4.78, 5) is 28.1. The van der Waals surface area contributed by atoms with Crippen LogP contribution in [0, 0.1) is 6.92 Å². The average molecular weight is 537 g/mol. The third kappa shape index (κ3) is 8.47. The molecule has 0 atom stereocenters. The van der Waals surface area contributed by atoms with Crippen LogP contribution in [0.15, 0.2) is 85.3 Å². The molecule has 0 unspecified atom stereocenters. The zero-order chi connectivity index (χ0) is 28.2. The fraction of sp³-hybridized carbons (Fsp3) is 0.250. The number of amides is 1. The van der Waals surface area contributed by atoms with Crippen molar-refractivity contribution in [1.29, 1.82) is 0 Å². The number of anilines is 3. The molecule has 206 valence electrons. The number of benzene rings is 2. The molecule has 0 radical (unpaired) electrons. The van der Waals surface area contributed by atoms with Gasteiger partial charge in [-0.1, -0.05) is 32.0 Å². The van der Waals surface area contributed by atoms with Gasteiger partial charge in [0.1, 0.15) is 5.75 Å². The number of nitrogens with zero attached hydrogens (tertiary/aromatic N) is 4. The summed E-state index contributed by atoms with van der Waals surface area (Å²) in [7, 11) is 0. The summed E-state index contributed by atoms with van der Waals surface area (Å²) in [5.41, 5.74) is 5.07. The van der Waals surface area contributed by atoms with E-state index < -0.39 is 0 Å². The first-order chi connectivity index (χ1) is 19.5. The summed E-state index contributed by atoms with van der Waals surface area (Å²) in [5, 5.41) is 6.19. The average Bonchev–Trinajstić information content (AvgIpc) is 2.99. The number of aromatic nitrogens is 3. The molecular formula is C32H36N6O2. The highest BCUT2D eigenvalue weighted by Gasteiger charge is 2.07. The highest BCUT2D eigenvalue weighted by molar-refractivity contribution is 6.02. The number of aryl methyl sites for hydroxylation is 1. The van der Waals surface area contributed by atoms with Gasteiger partial charge >= 0.3 is 0 Å². The highest BCUT2D eigenvalue weighted by atomic mass is 16.5. The molecule has 2 N–H and O–H groups in total. The maximum Gasteiger partial charge on any atom is 0.248 e. The molecule has 0 aliphatic rings. The highest BCUT2D eigenvalue weighted by Crippen LogP contribution is 2.24. The number of pyridine rings is 1. The summed E-state index contributed by atoms with van der Waals surface area (Å²) >= 11 is 0. The smallest absolute Gasteiger partial charge is 0.248 e. The largest absolute Gasteiger partial charge is 0.494 e. The first-order valence-corrected chi connectivity index (χ1v) is 13.6. The fourth-order valence-electron chi connectivity index (χ4n) is 4.10. The summed E-state index contributed by atoms with van der Waals surface area (Å²) in [5.74, 6) is 1.07. The van der Waals surface area contributed by atoms with E-state index in [2.05, 4.69) is 44.3 Å². The van der Waals surface area contributed by atoms with Gasteiger partial charge in [0.05, 0.1) is 12.3 Å². The Bertz CT molecular complexity index is 1400. The van der Waals surface area contributed by atoms with Gasteiger partial charge in [0.2, 0.25) is 11.9 Å². The van der Waals surface area contributed by atoms with Crippen LogP contribution in [0.4, 0.5) is 17.3 Å². The van der Waals surface area contributed by atoms with Crippen molar-refractivity contribution in [1.82, 2.24) is 19.9 Å². The van der Waals surface area contributed by atoms with Crippen molar-refractivity contribution in [2.45, 2.75) is 27.2 Å². The van der Waals surface area contributed by atoms with Crippen molar-refractivity contribution in [2.75, 3.05) is 36.9 Å². The van der Waals surface area contributed by atoms with E-state index >= 15 is 0 Å². The third-order valence-corrected chi connectivity index (χ3v) is 6.45. The Balaban J connectivity index is 1.31. The van der Waals surface area contributed by atoms with Gasteiger partial charge in [0.25, 0.3) is 0 Å². The van der Waals surface area contributed by atoms with Crippen LogP contribution in [0.1, 0.15) is 31.4 Å². The molecule has 1 amide bonds. The predicted octanol–water partition coefficient (Wildman–Crippen LogP) is 6.35. The molecule has 2 aromatic heterocycles. The fourth-order valence-corrected chi connectivity index (χ4v) is 4.10. The van der Waals surface area contributed by atoms with Crippen LogP contribution in [0.2, 0.25) is 0 Å². The summed E-state index contributed by atoms with van der Waals surface area (Å²) < 4.78 is 5.85. The standard InChI is InChI=1S/C32H36N6O2/c1-4-38(5-2)20-7-21-40-28-14-10-25(11-15-28)12-16-31(39)35-27-13-9-24(3)30(22-27)37-32-34-19-17-29(36-32)26-8-6-18-33-23-26/h6,8-19,22-23H,4-5,7,20-21H2,1-3H3,(H,35,39)(H,34,36,37)/b16-12+. The quantitative estimate of drug-likeness (QED) is 0.152. The van der Waals surface area contributed by atoms with Gasteiger partial charge in [-0.2, -0.15) is 0 Å². The van der Waals surface area contributed by atoms with Crippen LogP contribution in [0.25, 0.3) is 17.3 Å². The van der Waals surface area contributed by atoms with Gasteiger partial charge in [-0.3, -0.25) is 9.78 Å². The molecule has 40 heavy (non-hydrogen) atoms.